The molecule has 0 bridgehead atoms. The number of aryl methyl sites for hydroxylation is 1. The first kappa shape index (κ1) is 23.5. The maximum atomic E-state index is 13.5. The van der Waals surface area contributed by atoms with E-state index in [2.05, 4.69) is 9.88 Å². The highest BCUT2D eigenvalue weighted by molar-refractivity contribution is 6.31. The molecule has 1 aromatic carbocycles. The minimum Gasteiger partial charge on any atom is -0.310 e. The summed E-state index contributed by atoms with van der Waals surface area (Å²) >= 11 is 6.51. The van der Waals surface area contributed by atoms with Crippen molar-refractivity contribution in [1.29, 1.82) is 0 Å². The van der Waals surface area contributed by atoms with Crippen LogP contribution in [0.2, 0.25) is 0 Å². The fourth-order valence-electron chi connectivity index (χ4n) is 4.96. The van der Waals surface area contributed by atoms with Crippen LogP contribution in [0, 0.1) is 0 Å². The number of nitrogens with zero attached hydrogens (tertiary/aromatic N) is 4. The molecule has 6 nitrogen and oxygen atoms in total. The number of imide groups is 1. The molecule has 2 saturated heterocycles. The molecule has 174 valence electrons. The van der Waals surface area contributed by atoms with Crippen LogP contribution in [0.25, 0.3) is 6.08 Å². The number of aromatic nitrogens is 1. The topological polar surface area (TPSA) is 56.8 Å². The number of carbonyl (C=O) groups excluding carboxylic acids is 2. The first-order valence-electron chi connectivity index (χ1n) is 11.7. The van der Waals surface area contributed by atoms with E-state index in [-0.39, 0.29) is 11.9 Å². The maximum absolute atomic E-state index is 13.5. The van der Waals surface area contributed by atoms with E-state index in [0.717, 1.165) is 42.1 Å². The van der Waals surface area contributed by atoms with Crippen molar-refractivity contribution in [3.63, 3.8) is 0 Å². The number of urea groups is 1. The molecule has 4 rings (SSSR count). The molecule has 2 fully saturated rings. The van der Waals surface area contributed by atoms with E-state index in [1.807, 2.05) is 61.7 Å². The average molecular weight is 467 g/mol. The van der Waals surface area contributed by atoms with E-state index in [4.69, 9.17) is 11.6 Å². The number of hydrogen-bond acceptors (Lipinski definition) is 4. The molecule has 2 aromatic rings. The van der Waals surface area contributed by atoms with Gasteiger partial charge >= 0.3 is 6.03 Å². The van der Waals surface area contributed by atoms with Crippen LogP contribution in [0.3, 0.4) is 0 Å². The highest BCUT2D eigenvalue weighted by atomic mass is 35.5. The summed E-state index contributed by atoms with van der Waals surface area (Å²) in [6.07, 6.45) is 8.38. The minimum absolute atomic E-state index is 0.0360. The summed E-state index contributed by atoms with van der Waals surface area (Å²) in [6.45, 7) is 5.06. The number of pyridine rings is 1. The van der Waals surface area contributed by atoms with Gasteiger partial charge in [0.1, 0.15) is 5.54 Å². The number of piperidine rings is 1. The summed E-state index contributed by atoms with van der Waals surface area (Å²) in [5.74, 6) is -0.0360. The second-order valence-electron chi connectivity index (χ2n) is 8.76. The predicted molar refractivity (Wildman–Crippen MR) is 131 cm³/mol. The van der Waals surface area contributed by atoms with Gasteiger partial charge in [0.2, 0.25) is 0 Å². The zero-order chi connectivity index (χ0) is 23.3. The van der Waals surface area contributed by atoms with E-state index in [0.29, 0.717) is 32.5 Å². The number of rotatable bonds is 8. The maximum Gasteiger partial charge on any atom is 0.327 e. The van der Waals surface area contributed by atoms with Gasteiger partial charge in [0.15, 0.2) is 0 Å². The van der Waals surface area contributed by atoms with E-state index in [1.165, 1.54) is 4.90 Å². The molecule has 0 radical (unpaired) electrons. The van der Waals surface area contributed by atoms with Gasteiger partial charge in [-0.25, -0.2) is 4.79 Å². The molecule has 1 spiro atoms. The van der Waals surface area contributed by atoms with Gasteiger partial charge in [0, 0.05) is 50.1 Å². The Morgan fingerprint density at radius 3 is 2.55 bits per heavy atom. The SMILES string of the molecule is CCN1C(=O)N(CCCc2cccnc2)C(=O)C12CCN(CC(Cl)=Cc1ccccc1)CC2. The number of likely N-dealkylation sites (tertiary alicyclic amines) is 1. The van der Waals surface area contributed by atoms with E-state index in [1.54, 1.807) is 11.1 Å². The molecule has 0 unspecified atom stereocenters. The van der Waals surface area contributed by atoms with E-state index in [9.17, 15) is 9.59 Å². The fourth-order valence-corrected chi connectivity index (χ4v) is 5.25. The molecule has 33 heavy (non-hydrogen) atoms. The number of carbonyl (C=O) groups is 2. The van der Waals surface area contributed by atoms with Crippen molar-refractivity contribution < 1.29 is 9.59 Å². The van der Waals surface area contributed by atoms with Crippen molar-refractivity contribution in [3.05, 3.63) is 71.0 Å². The van der Waals surface area contributed by atoms with Crippen LogP contribution in [-0.2, 0) is 11.2 Å². The van der Waals surface area contributed by atoms with Crippen LogP contribution < -0.4 is 0 Å². The number of amides is 3. The van der Waals surface area contributed by atoms with Gasteiger partial charge in [-0.15, -0.1) is 0 Å². The quantitative estimate of drug-likeness (QED) is 0.540. The number of likely N-dealkylation sites (N-methyl/N-ethyl adjacent to an activating group) is 1. The first-order valence-corrected chi connectivity index (χ1v) is 12.1. The van der Waals surface area contributed by atoms with Crippen LogP contribution in [0.15, 0.2) is 59.9 Å². The van der Waals surface area contributed by atoms with Gasteiger partial charge in [0.05, 0.1) is 0 Å². The van der Waals surface area contributed by atoms with Crippen LogP contribution in [0.5, 0.6) is 0 Å². The molecule has 2 aliphatic rings. The van der Waals surface area contributed by atoms with Crippen molar-refractivity contribution in [2.45, 2.75) is 38.1 Å². The summed E-state index contributed by atoms with van der Waals surface area (Å²) in [6, 6.07) is 13.8. The third kappa shape index (κ3) is 5.12. The lowest BCUT2D eigenvalue weighted by atomic mass is 9.85. The predicted octanol–water partition coefficient (Wildman–Crippen LogP) is 4.41. The highest BCUT2D eigenvalue weighted by Crippen LogP contribution is 2.37. The molecular formula is C26H31ClN4O2. The molecule has 3 heterocycles. The van der Waals surface area contributed by atoms with Crippen molar-refractivity contribution in [2.75, 3.05) is 32.7 Å². The lowest BCUT2D eigenvalue weighted by Crippen LogP contribution is -2.56. The Hall–Kier alpha value is -2.70. The largest absolute Gasteiger partial charge is 0.327 e. The van der Waals surface area contributed by atoms with Gasteiger partial charge < -0.3 is 4.90 Å². The van der Waals surface area contributed by atoms with Crippen molar-refractivity contribution in [1.82, 2.24) is 19.7 Å². The molecule has 1 aromatic heterocycles. The Kier molecular flexibility index (Phi) is 7.46. The molecule has 0 aliphatic carbocycles. The van der Waals surface area contributed by atoms with Gasteiger partial charge in [-0.1, -0.05) is 48.0 Å². The Bertz CT molecular complexity index is 988. The van der Waals surface area contributed by atoms with Crippen LogP contribution in [0.1, 0.15) is 37.3 Å². The van der Waals surface area contributed by atoms with Gasteiger partial charge in [-0.05, 0) is 55.9 Å². The Morgan fingerprint density at radius 1 is 1.12 bits per heavy atom. The third-order valence-electron chi connectivity index (χ3n) is 6.69. The molecule has 2 aliphatic heterocycles. The second kappa shape index (κ2) is 10.5. The Balaban J connectivity index is 1.36. The van der Waals surface area contributed by atoms with E-state index < -0.39 is 5.54 Å². The van der Waals surface area contributed by atoms with Crippen LogP contribution in [0.4, 0.5) is 4.79 Å². The molecule has 3 amide bonds. The zero-order valence-corrected chi connectivity index (χ0v) is 19.9. The van der Waals surface area contributed by atoms with Crippen LogP contribution >= 0.6 is 11.6 Å². The van der Waals surface area contributed by atoms with E-state index >= 15 is 0 Å². The summed E-state index contributed by atoms with van der Waals surface area (Å²) < 4.78 is 0. The summed E-state index contributed by atoms with van der Waals surface area (Å²) in [4.78, 5) is 36.2. The Morgan fingerprint density at radius 2 is 1.88 bits per heavy atom. The molecular weight excluding hydrogens is 436 g/mol. The second-order valence-corrected chi connectivity index (χ2v) is 9.24. The van der Waals surface area contributed by atoms with Gasteiger partial charge in [-0.2, -0.15) is 0 Å². The fraction of sp³-hybridized carbons (Fsp3) is 0.423. The normalized spacial score (nSPS) is 19.0. The highest BCUT2D eigenvalue weighted by Gasteiger charge is 2.57. The Labute approximate surface area is 200 Å². The van der Waals surface area contributed by atoms with Crippen LogP contribution in [-0.4, -0.2) is 69.9 Å². The lowest BCUT2D eigenvalue weighted by Gasteiger charge is -2.41. The zero-order valence-electron chi connectivity index (χ0n) is 19.1. The van der Waals surface area contributed by atoms with Crippen molar-refractivity contribution in [2.24, 2.45) is 0 Å². The van der Waals surface area contributed by atoms with Gasteiger partial charge in [0.25, 0.3) is 5.91 Å². The standard InChI is InChI=1S/C26H31ClN4O2/c1-2-31-25(33)30(15-7-11-22-10-6-14-28-19-22)24(32)26(31)12-16-29(17-13-26)20-23(27)18-21-8-4-3-5-9-21/h3-6,8-10,14,18-19H,2,7,11-13,15-17,20H2,1H3. The summed E-state index contributed by atoms with van der Waals surface area (Å²) in [5, 5.41) is 0.773. The lowest BCUT2D eigenvalue weighted by molar-refractivity contribution is -0.135. The van der Waals surface area contributed by atoms with Crippen molar-refractivity contribution in [3.8, 4) is 0 Å². The molecule has 7 heteroatoms. The molecule has 0 atom stereocenters. The smallest absolute Gasteiger partial charge is 0.310 e. The van der Waals surface area contributed by atoms with Crippen molar-refractivity contribution >= 4 is 29.6 Å². The number of halogens is 1. The van der Waals surface area contributed by atoms with Gasteiger partial charge in [-0.3, -0.25) is 19.6 Å². The molecule has 0 saturated carbocycles. The third-order valence-corrected chi connectivity index (χ3v) is 6.92. The summed E-state index contributed by atoms with van der Waals surface area (Å²) in [7, 11) is 0. The molecule has 0 N–H and O–H groups in total. The average Bonchev–Trinajstić information content (AvgIpc) is 3.02. The first-order chi connectivity index (χ1) is 16.0. The number of hydrogen-bond donors (Lipinski definition) is 0. The number of benzene rings is 1. The minimum atomic E-state index is -0.716. The monoisotopic (exact) mass is 466 g/mol. The summed E-state index contributed by atoms with van der Waals surface area (Å²) in [5.41, 5.74) is 1.48.